The number of piperidine rings is 1. The maximum Gasteiger partial charge on any atom is 0.0715 e. The van der Waals surface area contributed by atoms with Crippen LogP contribution < -0.4 is 10.6 Å². The van der Waals surface area contributed by atoms with Gasteiger partial charge in [-0.1, -0.05) is 0 Å². The summed E-state index contributed by atoms with van der Waals surface area (Å²) < 4.78 is 5.95. The van der Waals surface area contributed by atoms with Crippen molar-refractivity contribution in [2.75, 3.05) is 26.2 Å². The van der Waals surface area contributed by atoms with Gasteiger partial charge in [0.05, 0.1) is 12.2 Å². The molecule has 3 nitrogen and oxygen atoms in total. The predicted molar refractivity (Wildman–Crippen MR) is 48.3 cm³/mol. The zero-order chi connectivity index (χ0) is 8.23. The van der Waals surface area contributed by atoms with E-state index in [4.69, 9.17) is 4.74 Å². The molecule has 3 heteroatoms. The molecule has 0 saturated carbocycles. The summed E-state index contributed by atoms with van der Waals surface area (Å²) in [5.41, 5.74) is 0. The van der Waals surface area contributed by atoms with Gasteiger partial charge in [-0.25, -0.2) is 0 Å². The molecular weight excluding hydrogens is 152 g/mol. The van der Waals surface area contributed by atoms with Gasteiger partial charge in [0.1, 0.15) is 0 Å². The molecule has 2 heterocycles. The minimum Gasteiger partial charge on any atom is -0.374 e. The molecule has 1 atom stereocenters. The van der Waals surface area contributed by atoms with Gasteiger partial charge in [0.25, 0.3) is 0 Å². The fourth-order valence-corrected chi connectivity index (χ4v) is 1.95. The molecule has 2 fully saturated rings. The van der Waals surface area contributed by atoms with Crippen LogP contribution in [0.25, 0.3) is 0 Å². The van der Waals surface area contributed by atoms with Crippen molar-refractivity contribution in [1.29, 1.82) is 0 Å². The fourth-order valence-electron chi connectivity index (χ4n) is 1.95. The third kappa shape index (κ3) is 2.19. The second-order valence-corrected chi connectivity index (χ2v) is 3.70. The Morgan fingerprint density at radius 2 is 1.50 bits per heavy atom. The van der Waals surface area contributed by atoms with Crippen LogP contribution in [0.1, 0.15) is 19.3 Å². The van der Waals surface area contributed by atoms with Gasteiger partial charge in [0.2, 0.25) is 0 Å². The Hall–Kier alpha value is -0.120. The van der Waals surface area contributed by atoms with Gasteiger partial charge in [-0.05, 0) is 38.9 Å². The third-order valence-electron chi connectivity index (χ3n) is 2.69. The smallest absolute Gasteiger partial charge is 0.0715 e. The summed E-state index contributed by atoms with van der Waals surface area (Å²) in [6, 6.07) is 0. The molecule has 0 amide bonds. The summed E-state index contributed by atoms with van der Waals surface area (Å²) in [5.74, 6) is 0. The summed E-state index contributed by atoms with van der Waals surface area (Å²) >= 11 is 0. The molecule has 0 unspecified atom stereocenters. The lowest BCUT2D eigenvalue weighted by Crippen LogP contribution is -2.35. The van der Waals surface area contributed by atoms with Gasteiger partial charge in [-0.15, -0.1) is 0 Å². The van der Waals surface area contributed by atoms with Gasteiger partial charge in [0, 0.05) is 6.54 Å². The number of ether oxygens (including phenoxy) is 1. The monoisotopic (exact) mass is 170 g/mol. The van der Waals surface area contributed by atoms with E-state index in [0.29, 0.717) is 12.2 Å². The van der Waals surface area contributed by atoms with Crippen LogP contribution in [-0.2, 0) is 4.74 Å². The molecule has 0 aromatic carbocycles. The molecule has 0 aromatic rings. The molecule has 2 rings (SSSR count). The van der Waals surface area contributed by atoms with E-state index in [0.717, 1.165) is 26.2 Å². The van der Waals surface area contributed by atoms with Crippen molar-refractivity contribution < 1.29 is 4.74 Å². The summed E-state index contributed by atoms with van der Waals surface area (Å²) in [4.78, 5) is 0. The van der Waals surface area contributed by atoms with Gasteiger partial charge in [0.15, 0.2) is 0 Å². The van der Waals surface area contributed by atoms with Crippen LogP contribution in [0, 0.1) is 0 Å². The standard InChI is InChI=1S/C9H18N2O/c1-4-10-5-2-8(1)12-9-3-6-11-7-9/h8-11H,1-7H2/t9-/m1/s1. The molecule has 0 aromatic heterocycles. The van der Waals surface area contributed by atoms with Gasteiger partial charge >= 0.3 is 0 Å². The third-order valence-corrected chi connectivity index (χ3v) is 2.69. The van der Waals surface area contributed by atoms with Gasteiger partial charge < -0.3 is 15.4 Å². The molecule has 2 aliphatic rings. The highest BCUT2D eigenvalue weighted by Crippen LogP contribution is 2.13. The quantitative estimate of drug-likeness (QED) is 0.617. The maximum absolute atomic E-state index is 5.95. The summed E-state index contributed by atoms with van der Waals surface area (Å²) in [7, 11) is 0. The number of rotatable bonds is 2. The van der Waals surface area contributed by atoms with E-state index in [9.17, 15) is 0 Å². The highest BCUT2D eigenvalue weighted by atomic mass is 16.5. The van der Waals surface area contributed by atoms with E-state index in [-0.39, 0.29) is 0 Å². The highest BCUT2D eigenvalue weighted by molar-refractivity contribution is 4.75. The van der Waals surface area contributed by atoms with Crippen molar-refractivity contribution in [2.45, 2.75) is 31.5 Å². The molecule has 2 aliphatic heterocycles. The summed E-state index contributed by atoms with van der Waals surface area (Å²) in [5, 5.41) is 6.67. The summed E-state index contributed by atoms with van der Waals surface area (Å²) in [6.07, 6.45) is 4.60. The first-order valence-corrected chi connectivity index (χ1v) is 5.02. The average molecular weight is 170 g/mol. The maximum atomic E-state index is 5.95. The van der Waals surface area contributed by atoms with Crippen molar-refractivity contribution in [3.63, 3.8) is 0 Å². The molecule has 12 heavy (non-hydrogen) atoms. The van der Waals surface area contributed by atoms with E-state index in [1.165, 1.54) is 19.3 Å². The average Bonchev–Trinajstić information content (AvgIpc) is 2.59. The van der Waals surface area contributed by atoms with Crippen molar-refractivity contribution in [2.24, 2.45) is 0 Å². The molecule has 0 bridgehead atoms. The second-order valence-electron chi connectivity index (χ2n) is 3.70. The lowest BCUT2D eigenvalue weighted by Gasteiger charge is -2.25. The van der Waals surface area contributed by atoms with Crippen LogP contribution in [0.5, 0.6) is 0 Å². The van der Waals surface area contributed by atoms with Crippen LogP contribution in [0.3, 0.4) is 0 Å². The molecule has 70 valence electrons. The Bertz CT molecular complexity index is 128. The van der Waals surface area contributed by atoms with E-state index >= 15 is 0 Å². The molecule has 2 saturated heterocycles. The van der Waals surface area contributed by atoms with E-state index < -0.39 is 0 Å². The van der Waals surface area contributed by atoms with Crippen LogP contribution in [-0.4, -0.2) is 38.4 Å². The van der Waals surface area contributed by atoms with Crippen LogP contribution in [0.2, 0.25) is 0 Å². The molecule has 0 spiro atoms. The Morgan fingerprint density at radius 3 is 2.17 bits per heavy atom. The summed E-state index contributed by atoms with van der Waals surface area (Å²) in [6.45, 7) is 4.45. The Labute approximate surface area is 73.9 Å². The van der Waals surface area contributed by atoms with E-state index in [2.05, 4.69) is 10.6 Å². The van der Waals surface area contributed by atoms with E-state index in [1.807, 2.05) is 0 Å². The number of nitrogens with one attached hydrogen (secondary N) is 2. The largest absolute Gasteiger partial charge is 0.374 e. The first-order chi connectivity index (χ1) is 5.95. The van der Waals surface area contributed by atoms with Gasteiger partial charge in [-0.3, -0.25) is 0 Å². The van der Waals surface area contributed by atoms with Crippen LogP contribution >= 0.6 is 0 Å². The highest BCUT2D eigenvalue weighted by Gasteiger charge is 2.21. The lowest BCUT2D eigenvalue weighted by atomic mass is 10.1. The lowest BCUT2D eigenvalue weighted by molar-refractivity contribution is -0.0161. The first-order valence-electron chi connectivity index (χ1n) is 5.02. The molecule has 0 aliphatic carbocycles. The molecular formula is C9H18N2O. The number of hydrogen-bond acceptors (Lipinski definition) is 3. The van der Waals surface area contributed by atoms with Crippen molar-refractivity contribution in [3.8, 4) is 0 Å². The zero-order valence-corrected chi connectivity index (χ0v) is 7.51. The minimum atomic E-state index is 0.494. The normalized spacial score (nSPS) is 32.5. The Morgan fingerprint density at radius 1 is 0.833 bits per heavy atom. The minimum absolute atomic E-state index is 0.494. The Balaban J connectivity index is 1.69. The van der Waals surface area contributed by atoms with Crippen molar-refractivity contribution in [3.05, 3.63) is 0 Å². The predicted octanol–water partition coefficient (Wildman–Crippen LogP) is 0.117. The van der Waals surface area contributed by atoms with E-state index in [1.54, 1.807) is 0 Å². The fraction of sp³-hybridized carbons (Fsp3) is 1.00. The second kappa shape index (κ2) is 4.21. The number of hydrogen-bond donors (Lipinski definition) is 2. The molecule has 0 radical (unpaired) electrons. The zero-order valence-electron chi connectivity index (χ0n) is 7.51. The first kappa shape index (κ1) is 8.48. The molecule has 2 N–H and O–H groups in total. The van der Waals surface area contributed by atoms with Crippen LogP contribution in [0.4, 0.5) is 0 Å². The SMILES string of the molecule is C1CC(O[C@@H]2CCNC2)CCN1. The van der Waals surface area contributed by atoms with Gasteiger partial charge in [-0.2, -0.15) is 0 Å². The Kier molecular flexibility index (Phi) is 2.98. The van der Waals surface area contributed by atoms with Crippen molar-refractivity contribution >= 4 is 0 Å². The van der Waals surface area contributed by atoms with Crippen LogP contribution in [0.15, 0.2) is 0 Å². The topological polar surface area (TPSA) is 33.3 Å². The van der Waals surface area contributed by atoms with Crippen molar-refractivity contribution in [1.82, 2.24) is 10.6 Å².